The second-order valence-corrected chi connectivity index (χ2v) is 33.1. The number of nitrogens with zero attached hydrogens (tertiary/aromatic N) is 4. The lowest BCUT2D eigenvalue weighted by atomic mass is 9.85. The Bertz CT molecular complexity index is 7730. The Hall–Kier alpha value is -15.4. The Kier molecular flexibility index (Phi) is 18.1. The fourth-order valence-electron chi connectivity index (χ4n) is 20.8. The fraction of sp³-hybridized carbons (Fsp3) is 0.0667. The monoisotopic (exact) mass is 1580 g/mol. The predicted octanol–water partition coefficient (Wildman–Crippen LogP) is 33.2. The molecule has 0 aliphatic rings. The van der Waals surface area contributed by atoms with Gasteiger partial charge in [-0.1, -0.05) is 340 Å². The highest BCUT2D eigenvalue weighted by Crippen LogP contribution is 2.49. The van der Waals surface area contributed by atoms with Crippen molar-refractivity contribution in [3.8, 4) is 111 Å². The molecule has 4 heterocycles. The lowest BCUT2D eigenvalue weighted by molar-refractivity contribution is 0.827. The molecule has 4 nitrogen and oxygen atoms in total. The summed E-state index contributed by atoms with van der Waals surface area (Å²) in [4.78, 5) is 0. The number of fused-ring (bicyclic) bond motifs is 16. The van der Waals surface area contributed by atoms with Gasteiger partial charge in [-0.15, -0.1) is 0 Å². The van der Waals surface area contributed by atoms with Crippen LogP contribution in [0.3, 0.4) is 0 Å². The second-order valence-electron chi connectivity index (χ2n) is 33.1. The molecule has 0 unspecified atom stereocenters. The van der Waals surface area contributed by atoms with E-state index in [1.807, 2.05) is 0 Å². The van der Waals surface area contributed by atoms with Gasteiger partial charge in [0.25, 0.3) is 0 Å². The Morgan fingerprint density at radius 2 is 0.250 bits per heavy atom. The number of aromatic nitrogens is 4. The van der Waals surface area contributed by atoms with Crippen LogP contribution in [-0.4, -0.2) is 18.3 Å². The maximum absolute atomic E-state index is 2.42. The highest BCUT2D eigenvalue weighted by Gasteiger charge is 2.23. The minimum absolute atomic E-state index is 0.952. The molecule has 24 rings (SSSR count). The topological polar surface area (TPSA) is 19.7 Å². The van der Waals surface area contributed by atoms with Gasteiger partial charge in [0.2, 0.25) is 0 Å². The first-order chi connectivity index (χ1) is 61.3. The van der Waals surface area contributed by atoms with E-state index in [1.165, 1.54) is 242 Å². The highest BCUT2D eigenvalue weighted by atomic mass is 15.0. The van der Waals surface area contributed by atoms with E-state index in [0.717, 1.165) is 26.2 Å². The van der Waals surface area contributed by atoms with Crippen LogP contribution >= 0.6 is 0 Å². The fourth-order valence-corrected chi connectivity index (χ4v) is 20.8. The van der Waals surface area contributed by atoms with Gasteiger partial charge in [0.05, 0.1) is 0 Å². The quantitative estimate of drug-likeness (QED) is 0.0967. The molecular weight excluding hydrogens is 1500 g/mol. The van der Waals surface area contributed by atoms with Crippen molar-refractivity contribution in [3.05, 3.63) is 413 Å². The number of benzene rings is 20. The number of para-hydroxylation sites is 4. The van der Waals surface area contributed by atoms with Gasteiger partial charge in [0.15, 0.2) is 0 Å². The van der Waals surface area contributed by atoms with Crippen molar-refractivity contribution in [2.24, 2.45) is 0 Å². The van der Waals surface area contributed by atoms with Gasteiger partial charge < -0.3 is 18.3 Å². The summed E-state index contributed by atoms with van der Waals surface area (Å²) in [6.45, 7) is 12.7. The normalized spacial score (nSPS) is 11.8. The van der Waals surface area contributed by atoms with Gasteiger partial charge in [-0.05, 0) is 255 Å². The van der Waals surface area contributed by atoms with E-state index >= 15 is 0 Å². The lowest BCUT2D eigenvalue weighted by Crippen LogP contribution is -1.92. The SMILES string of the molecule is CCn1c2ccccc2c2cc(-c3ccc(-c4c5ccccc5c(-c5ccc(-c6ccc7c(c6)c6ccccc6n7CC)cc5)c5ccccc45)cc3)ccc21.CCn1c2ccccc2c2cc(-c3ccc(-c4ccc(-c5c6ccccc6c(-c6ccc(-c7ccc(-c8ccc9c(c8)c8ccccc8n9CC)cc7)cc6)c6ccccc56)cc4)cc3)ccc21. The molecule has 0 aliphatic heterocycles. The Morgan fingerprint density at radius 3 is 0.419 bits per heavy atom. The number of aryl methyl sites for hydroxylation is 4. The zero-order chi connectivity index (χ0) is 82.6. The number of hydrogen-bond donors (Lipinski definition) is 0. The van der Waals surface area contributed by atoms with E-state index in [0.29, 0.717) is 0 Å². The summed E-state index contributed by atoms with van der Waals surface area (Å²) in [6, 6.07) is 153. The van der Waals surface area contributed by atoms with E-state index in [2.05, 4.69) is 458 Å². The summed E-state index contributed by atoms with van der Waals surface area (Å²) < 4.78 is 9.66. The third kappa shape index (κ3) is 12.2. The molecule has 0 saturated heterocycles. The molecule has 4 aromatic heterocycles. The molecule has 24 aromatic rings. The maximum atomic E-state index is 2.42. The largest absolute Gasteiger partial charge is 0.341 e. The van der Waals surface area contributed by atoms with E-state index in [-0.39, 0.29) is 0 Å². The molecule has 0 N–H and O–H groups in total. The minimum Gasteiger partial charge on any atom is -0.341 e. The van der Waals surface area contributed by atoms with Gasteiger partial charge in [-0.3, -0.25) is 0 Å². The standard InChI is InChI=1S/C66H48N2.C54H40N2/c1-3-67-61-19-11-9-13-53(61)59-41-51(37-39-63(59)67)47-25-21-43(22-26-47)45-29-33-49(34-30-45)65-55-15-5-7-17-57(55)66(58-18-8-6-16-56(58)65)50-35-31-46(32-36-50)44-23-27-48(28-24-44)52-38-40-64-60(42-52)54-14-10-12-20-62(54)68(64)4-2;1-3-55-49-19-11-9-13-41(49)47-33-39(29-31-51(47)55)35-21-25-37(26-22-35)53-43-15-5-7-17-45(43)54(46-18-8-6-16-44(46)53)38-27-23-36(24-28-38)40-30-32-52-48(34-40)42-14-10-12-20-50(42)56(52)4-2/h5-42H,3-4H2,1-2H3;5-34H,3-4H2,1-2H3. The van der Waals surface area contributed by atoms with Crippen LogP contribution in [0.2, 0.25) is 0 Å². The van der Waals surface area contributed by atoms with Gasteiger partial charge in [0.1, 0.15) is 0 Å². The Balaban J connectivity index is 0.000000146. The zero-order valence-corrected chi connectivity index (χ0v) is 69.9. The van der Waals surface area contributed by atoms with Crippen LogP contribution in [0.1, 0.15) is 27.7 Å². The van der Waals surface area contributed by atoms with E-state index in [1.54, 1.807) is 0 Å². The van der Waals surface area contributed by atoms with Gasteiger partial charge in [-0.25, -0.2) is 0 Å². The molecule has 4 heteroatoms. The predicted molar refractivity (Wildman–Crippen MR) is 532 cm³/mol. The number of rotatable bonds is 14. The van der Waals surface area contributed by atoms with Crippen molar-refractivity contribution in [1.82, 2.24) is 18.3 Å². The molecule has 588 valence electrons. The average molecular weight is 1590 g/mol. The lowest BCUT2D eigenvalue weighted by Gasteiger charge is -2.18. The van der Waals surface area contributed by atoms with E-state index in [9.17, 15) is 0 Å². The van der Waals surface area contributed by atoms with Crippen LogP contribution in [0.5, 0.6) is 0 Å². The van der Waals surface area contributed by atoms with Crippen molar-refractivity contribution >= 4 is 130 Å². The first-order valence-electron chi connectivity index (χ1n) is 43.9. The summed E-state index contributed by atoms with van der Waals surface area (Å²) >= 11 is 0. The van der Waals surface area contributed by atoms with Crippen molar-refractivity contribution in [2.45, 2.75) is 53.9 Å². The van der Waals surface area contributed by atoms with Crippen LogP contribution in [0.15, 0.2) is 413 Å². The van der Waals surface area contributed by atoms with Gasteiger partial charge in [-0.2, -0.15) is 0 Å². The Labute approximate surface area is 721 Å². The maximum Gasteiger partial charge on any atom is 0.0491 e. The number of hydrogen-bond acceptors (Lipinski definition) is 0. The Morgan fingerprint density at radius 1 is 0.121 bits per heavy atom. The van der Waals surface area contributed by atoms with Crippen molar-refractivity contribution in [3.63, 3.8) is 0 Å². The molecule has 0 fully saturated rings. The molecule has 0 bridgehead atoms. The zero-order valence-electron chi connectivity index (χ0n) is 69.9. The second kappa shape index (κ2) is 30.4. The van der Waals surface area contributed by atoms with Crippen LogP contribution < -0.4 is 0 Å². The molecular formula is C120H88N4. The summed E-state index contributed by atoms with van der Waals surface area (Å²) in [5.74, 6) is 0. The summed E-state index contributed by atoms with van der Waals surface area (Å²) in [5, 5.41) is 20.6. The van der Waals surface area contributed by atoms with Crippen LogP contribution in [-0.2, 0) is 26.2 Å². The minimum atomic E-state index is 0.952. The smallest absolute Gasteiger partial charge is 0.0491 e. The molecule has 0 saturated carbocycles. The van der Waals surface area contributed by atoms with Crippen LogP contribution in [0.25, 0.3) is 242 Å². The molecule has 0 atom stereocenters. The van der Waals surface area contributed by atoms with E-state index in [4.69, 9.17) is 0 Å². The van der Waals surface area contributed by atoms with E-state index < -0.39 is 0 Å². The first kappa shape index (κ1) is 73.8. The molecule has 0 amide bonds. The molecule has 20 aromatic carbocycles. The highest BCUT2D eigenvalue weighted by molar-refractivity contribution is 6.24. The third-order valence-electron chi connectivity index (χ3n) is 26.7. The average Bonchev–Trinajstić information content (AvgIpc) is 1.31. The van der Waals surface area contributed by atoms with Crippen molar-refractivity contribution in [2.75, 3.05) is 0 Å². The summed E-state index contributed by atoms with van der Waals surface area (Å²) in [6.07, 6.45) is 0. The first-order valence-corrected chi connectivity index (χ1v) is 43.9. The summed E-state index contributed by atoms with van der Waals surface area (Å²) in [7, 11) is 0. The molecule has 0 radical (unpaired) electrons. The van der Waals surface area contributed by atoms with Crippen LogP contribution in [0.4, 0.5) is 0 Å². The van der Waals surface area contributed by atoms with Gasteiger partial charge >= 0.3 is 0 Å². The summed E-state index contributed by atoms with van der Waals surface area (Å²) in [5.41, 5.74) is 35.0. The van der Waals surface area contributed by atoms with Crippen molar-refractivity contribution < 1.29 is 0 Å². The third-order valence-corrected chi connectivity index (χ3v) is 26.7. The van der Waals surface area contributed by atoms with Crippen LogP contribution in [0, 0.1) is 0 Å². The van der Waals surface area contributed by atoms with Gasteiger partial charge in [0, 0.05) is 113 Å². The molecule has 0 spiro atoms. The van der Waals surface area contributed by atoms with Crippen molar-refractivity contribution in [1.29, 1.82) is 0 Å². The molecule has 124 heavy (non-hydrogen) atoms. The molecule has 0 aliphatic carbocycles.